The summed E-state index contributed by atoms with van der Waals surface area (Å²) in [6.45, 7) is -0.286. The molecule has 0 fully saturated rings. The van der Waals surface area contributed by atoms with Crippen LogP contribution in [0, 0.1) is 11.6 Å². The molecule has 0 aliphatic heterocycles. The standard InChI is InChI=1S/C18H15F2NO5S/c19-15-6-4-12(10-16(15)20)5-7-17(22)13-2-1-3-14(11-13)27(25,26)21-9-8-18(23)24/h1-7,10-11,21H,8-9H2,(H,23,24). The van der Waals surface area contributed by atoms with Crippen molar-refractivity contribution in [2.75, 3.05) is 6.54 Å². The SMILES string of the molecule is O=C(O)CCNS(=O)(=O)c1cccc(C(=O)C=Cc2ccc(F)c(F)c2)c1. The molecule has 0 saturated heterocycles. The van der Waals surface area contributed by atoms with Crippen LogP contribution in [-0.2, 0) is 14.8 Å². The molecule has 2 rings (SSSR count). The number of hydrogen-bond acceptors (Lipinski definition) is 4. The number of hydrogen-bond donors (Lipinski definition) is 2. The Balaban J connectivity index is 2.15. The largest absolute Gasteiger partial charge is 0.481 e. The van der Waals surface area contributed by atoms with E-state index in [1.165, 1.54) is 30.3 Å². The van der Waals surface area contributed by atoms with Crippen molar-refractivity contribution in [3.63, 3.8) is 0 Å². The van der Waals surface area contributed by atoms with E-state index in [0.29, 0.717) is 0 Å². The number of ketones is 1. The minimum atomic E-state index is -3.97. The van der Waals surface area contributed by atoms with Crippen LogP contribution in [-0.4, -0.2) is 31.8 Å². The molecule has 27 heavy (non-hydrogen) atoms. The molecule has 6 nitrogen and oxygen atoms in total. The molecule has 0 aliphatic carbocycles. The molecule has 2 N–H and O–H groups in total. The fourth-order valence-electron chi connectivity index (χ4n) is 2.08. The first-order valence-corrected chi connectivity index (χ1v) is 9.16. The first kappa shape index (κ1) is 20.4. The monoisotopic (exact) mass is 395 g/mol. The number of nitrogens with one attached hydrogen (secondary N) is 1. The number of carbonyl (C=O) groups is 2. The number of benzene rings is 2. The third-order valence-corrected chi connectivity index (χ3v) is 4.89. The van der Waals surface area contributed by atoms with Crippen molar-refractivity contribution >= 4 is 27.9 Å². The molecule has 0 saturated carbocycles. The van der Waals surface area contributed by atoms with Crippen LogP contribution >= 0.6 is 0 Å². The highest BCUT2D eigenvalue weighted by Crippen LogP contribution is 2.14. The van der Waals surface area contributed by atoms with E-state index < -0.39 is 33.4 Å². The van der Waals surface area contributed by atoms with E-state index in [0.717, 1.165) is 24.3 Å². The second kappa shape index (κ2) is 8.65. The molecule has 0 amide bonds. The molecule has 0 bridgehead atoms. The van der Waals surface area contributed by atoms with Crippen molar-refractivity contribution in [2.24, 2.45) is 0 Å². The number of allylic oxidation sites excluding steroid dienone is 1. The van der Waals surface area contributed by atoms with Gasteiger partial charge in [0.05, 0.1) is 11.3 Å². The summed E-state index contributed by atoms with van der Waals surface area (Å²) in [5.41, 5.74) is 0.330. The Morgan fingerprint density at radius 1 is 1.07 bits per heavy atom. The summed E-state index contributed by atoms with van der Waals surface area (Å²) in [7, 11) is -3.97. The quantitative estimate of drug-likeness (QED) is 0.529. The van der Waals surface area contributed by atoms with Crippen LogP contribution in [0.5, 0.6) is 0 Å². The Morgan fingerprint density at radius 3 is 2.48 bits per heavy atom. The fourth-order valence-corrected chi connectivity index (χ4v) is 3.15. The predicted octanol–water partition coefficient (Wildman–Crippen LogP) is 2.61. The lowest BCUT2D eigenvalue weighted by molar-refractivity contribution is -0.136. The van der Waals surface area contributed by atoms with Crippen LogP contribution in [0.1, 0.15) is 22.3 Å². The number of carboxylic acids is 1. The zero-order valence-electron chi connectivity index (χ0n) is 13.9. The Hall–Kier alpha value is -2.91. The molecule has 142 valence electrons. The number of halogens is 2. The van der Waals surface area contributed by atoms with Gasteiger partial charge in [0.1, 0.15) is 0 Å². The molecule has 2 aromatic rings. The Kier molecular flexibility index (Phi) is 6.54. The third-order valence-electron chi connectivity index (χ3n) is 3.43. The number of rotatable bonds is 8. The smallest absolute Gasteiger partial charge is 0.304 e. The minimum absolute atomic E-state index is 0.0648. The van der Waals surface area contributed by atoms with E-state index >= 15 is 0 Å². The van der Waals surface area contributed by atoms with Crippen molar-refractivity contribution in [1.29, 1.82) is 0 Å². The van der Waals surface area contributed by atoms with Gasteiger partial charge in [-0.05, 0) is 35.9 Å². The van der Waals surface area contributed by atoms with Crippen molar-refractivity contribution < 1.29 is 31.9 Å². The zero-order chi connectivity index (χ0) is 20.0. The molecule has 0 atom stereocenters. The lowest BCUT2D eigenvalue weighted by Crippen LogP contribution is -2.26. The average Bonchev–Trinajstić information content (AvgIpc) is 2.62. The summed E-state index contributed by atoms with van der Waals surface area (Å²) in [6, 6.07) is 8.30. The Morgan fingerprint density at radius 2 is 1.81 bits per heavy atom. The molecule has 0 aromatic heterocycles. The van der Waals surface area contributed by atoms with Gasteiger partial charge in [-0.15, -0.1) is 0 Å². The summed E-state index contributed by atoms with van der Waals surface area (Å²) < 4.78 is 52.4. The highest BCUT2D eigenvalue weighted by atomic mass is 32.2. The Labute approximate surface area is 154 Å². The number of carboxylic acid groups (broad SMARTS) is 1. The van der Waals surface area contributed by atoms with Gasteiger partial charge in [0.25, 0.3) is 0 Å². The fraction of sp³-hybridized carbons (Fsp3) is 0.111. The second-order valence-corrected chi connectivity index (χ2v) is 7.21. The number of aliphatic carboxylic acids is 1. The van der Waals surface area contributed by atoms with Gasteiger partial charge < -0.3 is 5.11 Å². The maximum Gasteiger partial charge on any atom is 0.304 e. The molecular formula is C18H15F2NO5S. The molecule has 2 aromatic carbocycles. The van der Waals surface area contributed by atoms with Gasteiger partial charge in [-0.25, -0.2) is 21.9 Å². The highest BCUT2D eigenvalue weighted by molar-refractivity contribution is 7.89. The molecule has 0 spiro atoms. The Bertz CT molecular complexity index is 1000. The lowest BCUT2D eigenvalue weighted by atomic mass is 10.1. The van der Waals surface area contributed by atoms with E-state index in [-0.39, 0.29) is 29.0 Å². The summed E-state index contributed by atoms with van der Waals surface area (Å²) in [6.07, 6.45) is 2.00. The zero-order valence-corrected chi connectivity index (χ0v) is 14.7. The normalized spacial score (nSPS) is 11.6. The van der Waals surface area contributed by atoms with Gasteiger partial charge >= 0.3 is 5.97 Å². The van der Waals surface area contributed by atoms with E-state index in [9.17, 15) is 26.8 Å². The molecular weight excluding hydrogens is 380 g/mol. The van der Waals surface area contributed by atoms with Gasteiger partial charge in [0, 0.05) is 12.1 Å². The van der Waals surface area contributed by atoms with Crippen LogP contribution in [0.25, 0.3) is 6.08 Å². The number of carbonyl (C=O) groups excluding carboxylic acids is 1. The average molecular weight is 395 g/mol. The van der Waals surface area contributed by atoms with Crippen molar-refractivity contribution in [3.05, 3.63) is 71.3 Å². The second-order valence-electron chi connectivity index (χ2n) is 5.44. The van der Waals surface area contributed by atoms with Gasteiger partial charge in [-0.2, -0.15) is 0 Å². The molecule has 0 aliphatic rings. The van der Waals surface area contributed by atoms with Crippen LogP contribution in [0.2, 0.25) is 0 Å². The van der Waals surface area contributed by atoms with E-state index in [1.807, 2.05) is 0 Å². The maximum absolute atomic E-state index is 13.2. The predicted molar refractivity (Wildman–Crippen MR) is 93.6 cm³/mol. The van der Waals surface area contributed by atoms with E-state index in [1.54, 1.807) is 0 Å². The van der Waals surface area contributed by atoms with E-state index in [4.69, 9.17) is 5.11 Å². The summed E-state index contributed by atoms with van der Waals surface area (Å²) in [5, 5.41) is 8.55. The van der Waals surface area contributed by atoms with Crippen LogP contribution < -0.4 is 4.72 Å². The van der Waals surface area contributed by atoms with Crippen molar-refractivity contribution in [3.8, 4) is 0 Å². The highest BCUT2D eigenvalue weighted by Gasteiger charge is 2.15. The lowest BCUT2D eigenvalue weighted by Gasteiger charge is -2.06. The molecule has 0 unspecified atom stereocenters. The van der Waals surface area contributed by atoms with Crippen LogP contribution in [0.4, 0.5) is 8.78 Å². The van der Waals surface area contributed by atoms with Gasteiger partial charge in [-0.3, -0.25) is 9.59 Å². The third kappa shape index (κ3) is 5.80. The number of sulfonamides is 1. The van der Waals surface area contributed by atoms with Gasteiger partial charge in [-0.1, -0.05) is 24.3 Å². The van der Waals surface area contributed by atoms with Crippen molar-refractivity contribution in [2.45, 2.75) is 11.3 Å². The molecule has 0 radical (unpaired) electrons. The maximum atomic E-state index is 13.2. The van der Waals surface area contributed by atoms with Crippen LogP contribution in [0.3, 0.4) is 0 Å². The summed E-state index contributed by atoms with van der Waals surface area (Å²) in [4.78, 5) is 22.5. The van der Waals surface area contributed by atoms with Gasteiger partial charge in [0.15, 0.2) is 17.4 Å². The molecule has 0 heterocycles. The topological polar surface area (TPSA) is 101 Å². The van der Waals surface area contributed by atoms with E-state index in [2.05, 4.69) is 4.72 Å². The van der Waals surface area contributed by atoms with Gasteiger partial charge in [0.2, 0.25) is 10.0 Å². The van der Waals surface area contributed by atoms with Crippen molar-refractivity contribution in [1.82, 2.24) is 4.72 Å². The summed E-state index contributed by atoms with van der Waals surface area (Å²) in [5.74, 6) is -3.75. The minimum Gasteiger partial charge on any atom is -0.481 e. The van der Waals surface area contributed by atoms with Crippen LogP contribution in [0.15, 0.2) is 53.4 Å². The first-order chi connectivity index (χ1) is 12.7. The first-order valence-electron chi connectivity index (χ1n) is 7.68. The molecule has 9 heteroatoms. The summed E-state index contributed by atoms with van der Waals surface area (Å²) >= 11 is 0.